The van der Waals surface area contributed by atoms with Crippen LogP contribution in [0.15, 0.2) is 89.4 Å². The van der Waals surface area contributed by atoms with E-state index in [0.717, 1.165) is 11.8 Å². The summed E-state index contributed by atoms with van der Waals surface area (Å²) in [6.07, 6.45) is 5.09. The van der Waals surface area contributed by atoms with E-state index in [0.29, 0.717) is 12.6 Å². The van der Waals surface area contributed by atoms with E-state index in [9.17, 15) is 0 Å². The fraction of sp³-hybridized carbons (Fsp3) is 0.250. The topological polar surface area (TPSA) is 21.3 Å². The fourth-order valence-electron chi connectivity index (χ4n) is 3.33. The van der Waals surface area contributed by atoms with E-state index in [4.69, 9.17) is 4.74 Å². The van der Waals surface area contributed by atoms with Crippen LogP contribution in [0.25, 0.3) is 0 Å². The van der Waals surface area contributed by atoms with Crippen molar-refractivity contribution >= 4 is 18.5 Å². The van der Waals surface area contributed by atoms with Gasteiger partial charge in [-0.15, -0.1) is 5.73 Å². The Labute approximate surface area is 163 Å². The first-order chi connectivity index (χ1) is 13.0. The van der Waals surface area contributed by atoms with Gasteiger partial charge < -0.3 is 4.74 Å². The molecule has 1 fully saturated rings. The van der Waals surface area contributed by atoms with Crippen LogP contribution in [0.5, 0.6) is 0 Å². The molecule has 1 heterocycles. The van der Waals surface area contributed by atoms with Gasteiger partial charge in [-0.3, -0.25) is 5.32 Å². The maximum atomic E-state index is 6.08. The standard InChI is InChI=1S/C24H25NOP/c1-24(2,3)22-17-26-23(25-22)20-15-10-16-21(20)27(18-11-6-4-7-12-18)19-13-8-5-9-14-19/h4-14,16,22,25H,17H2,1-3H3/t22-/m1/s1. The summed E-state index contributed by atoms with van der Waals surface area (Å²) in [6, 6.07) is 21.8. The van der Waals surface area contributed by atoms with E-state index in [1.165, 1.54) is 15.9 Å². The number of benzene rings is 2. The molecular formula is C24H25NOP. The number of nitrogens with one attached hydrogen (secondary N) is 1. The Bertz CT molecular complexity index is 849. The first-order valence-corrected chi connectivity index (χ1v) is 10.7. The zero-order valence-corrected chi connectivity index (χ0v) is 17.0. The Morgan fingerprint density at radius 3 is 2.07 bits per heavy atom. The van der Waals surface area contributed by atoms with Gasteiger partial charge in [0.1, 0.15) is 0 Å². The molecule has 0 amide bonds. The Morgan fingerprint density at radius 2 is 1.56 bits per heavy atom. The van der Waals surface area contributed by atoms with Crippen LogP contribution in [0, 0.1) is 11.6 Å². The van der Waals surface area contributed by atoms with Crippen LogP contribution in [-0.4, -0.2) is 12.6 Å². The van der Waals surface area contributed by atoms with Crippen molar-refractivity contribution < 1.29 is 4.74 Å². The molecule has 0 unspecified atom stereocenters. The molecule has 3 heteroatoms. The Balaban J connectivity index is 1.67. The van der Waals surface area contributed by atoms with Crippen LogP contribution in [0.2, 0.25) is 0 Å². The largest absolute Gasteiger partial charge is 0.349 e. The smallest absolute Gasteiger partial charge is 0.201 e. The highest BCUT2D eigenvalue weighted by Crippen LogP contribution is 2.50. The van der Waals surface area contributed by atoms with Crippen molar-refractivity contribution in [1.82, 2.24) is 5.32 Å². The zero-order chi connectivity index (χ0) is 18.9. The van der Waals surface area contributed by atoms with Crippen molar-refractivity contribution in [3.63, 3.8) is 0 Å². The Morgan fingerprint density at radius 1 is 0.963 bits per heavy atom. The van der Waals surface area contributed by atoms with Crippen molar-refractivity contribution in [3.8, 4) is 0 Å². The highest BCUT2D eigenvalue weighted by Gasteiger charge is 2.38. The lowest BCUT2D eigenvalue weighted by Crippen LogP contribution is -2.38. The molecule has 0 spiro atoms. The van der Waals surface area contributed by atoms with Crippen molar-refractivity contribution in [2.45, 2.75) is 26.8 Å². The van der Waals surface area contributed by atoms with Gasteiger partial charge in [-0.2, -0.15) is 0 Å². The van der Waals surface area contributed by atoms with Crippen molar-refractivity contribution in [1.29, 1.82) is 0 Å². The van der Waals surface area contributed by atoms with Crippen molar-refractivity contribution in [2.24, 2.45) is 5.41 Å². The SMILES string of the molecule is CC(C)(C)[C@H]1CO[C](C2=C=CC=C2P(c2ccccc2)c2ccccc2)N1. The quantitative estimate of drug-likeness (QED) is 0.623. The summed E-state index contributed by atoms with van der Waals surface area (Å²) in [6.45, 7) is 7.43. The molecule has 2 aromatic carbocycles. The highest BCUT2D eigenvalue weighted by atomic mass is 31.1. The normalized spacial score (nSPS) is 20.2. The van der Waals surface area contributed by atoms with Crippen LogP contribution in [0.1, 0.15) is 20.8 Å². The fourth-order valence-corrected chi connectivity index (χ4v) is 5.74. The second-order valence-corrected chi connectivity index (χ2v) is 10.1. The van der Waals surface area contributed by atoms with Gasteiger partial charge >= 0.3 is 0 Å². The molecule has 2 aromatic rings. The van der Waals surface area contributed by atoms with E-state index in [2.05, 4.69) is 98.6 Å². The summed E-state index contributed by atoms with van der Waals surface area (Å²) in [7, 11) is -0.660. The van der Waals surface area contributed by atoms with Crippen LogP contribution in [0.4, 0.5) is 0 Å². The zero-order valence-electron chi connectivity index (χ0n) is 16.1. The average molecular weight is 374 g/mol. The lowest BCUT2D eigenvalue weighted by Gasteiger charge is -2.27. The van der Waals surface area contributed by atoms with Gasteiger partial charge in [-0.1, -0.05) is 81.4 Å². The van der Waals surface area contributed by atoms with Crippen LogP contribution in [-0.2, 0) is 4.74 Å². The summed E-state index contributed by atoms with van der Waals surface area (Å²) >= 11 is 0. The molecule has 0 saturated carbocycles. The molecule has 0 bridgehead atoms. The second kappa shape index (κ2) is 7.58. The minimum atomic E-state index is -0.660. The van der Waals surface area contributed by atoms with E-state index >= 15 is 0 Å². The molecule has 2 nitrogen and oxygen atoms in total. The summed E-state index contributed by atoms with van der Waals surface area (Å²) in [5, 5.41) is 7.57. The number of hydrogen-bond donors (Lipinski definition) is 1. The van der Waals surface area contributed by atoms with Gasteiger partial charge in [-0.25, -0.2) is 0 Å². The summed E-state index contributed by atoms with van der Waals surface area (Å²) < 4.78 is 6.08. The third kappa shape index (κ3) is 3.86. The molecule has 1 aliphatic carbocycles. The summed E-state index contributed by atoms with van der Waals surface area (Å²) in [5.74, 6) is 0. The monoisotopic (exact) mass is 374 g/mol. The second-order valence-electron chi connectivity index (χ2n) is 7.95. The number of allylic oxidation sites excluding steroid dienone is 1. The van der Waals surface area contributed by atoms with Crippen molar-refractivity contribution in [2.75, 3.05) is 6.61 Å². The molecule has 1 saturated heterocycles. The molecule has 27 heavy (non-hydrogen) atoms. The number of rotatable bonds is 4. The van der Waals surface area contributed by atoms with Crippen LogP contribution in [0.3, 0.4) is 0 Å². The molecule has 1 atom stereocenters. The van der Waals surface area contributed by atoms with E-state index < -0.39 is 7.92 Å². The molecular weight excluding hydrogens is 349 g/mol. The summed E-state index contributed by atoms with van der Waals surface area (Å²) in [4.78, 5) is 0. The molecule has 137 valence electrons. The van der Waals surface area contributed by atoms with Crippen LogP contribution >= 0.6 is 7.92 Å². The molecule has 1 N–H and O–H groups in total. The third-order valence-corrected chi connectivity index (χ3v) is 7.45. The number of ether oxygens (including phenoxy) is 1. The highest BCUT2D eigenvalue weighted by molar-refractivity contribution is 7.77. The van der Waals surface area contributed by atoms with Crippen molar-refractivity contribution in [3.05, 3.63) is 95.7 Å². The molecule has 1 radical (unpaired) electrons. The van der Waals surface area contributed by atoms with E-state index in [-0.39, 0.29) is 5.41 Å². The molecule has 2 aliphatic rings. The predicted molar refractivity (Wildman–Crippen MR) is 114 cm³/mol. The lowest BCUT2D eigenvalue weighted by molar-refractivity contribution is 0.188. The first kappa shape index (κ1) is 18.4. The van der Waals surface area contributed by atoms with Gasteiger partial charge in [0.15, 0.2) is 0 Å². The van der Waals surface area contributed by atoms with Gasteiger partial charge in [-0.05, 0) is 36.1 Å². The third-order valence-electron chi connectivity index (χ3n) is 4.97. The first-order valence-electron chi connectivity index (χ1n) is 9.38. The van der Waals surface area contributed by atoms with Gasteiger partial charge in [0.2, 0.25) is 6.23 Å². The Kier molecular flexibility index (Phi) is 5.17. The van der Waals surface area contributed by atoms with Gasteiger partial charge in [0, 0.05) is 11.4 Å². The molecule has 0 aromatic heterocycles. The maximum absolute atomic E-state index is 6.08. The van der Waals surface area contributed by atoms with Crippen LogP contribution < -0.4 is 15.9 Å². The Hall–Kier alpha value is -1.95. The maximum Gasteiger partial charge on any atom is 0.201 e. The summed E-state index contributed by atoms with van der Waals surface area (Å²) in [5.41, 5.74) is 4.65. The predicted octanol–water partition coefficient (Wildman–Crippen LogP) is 4.62. The number of hydrogen-bond acceptors (Lipinski definition) is 2. The molecule has 4 rings (SSSR count). The molecule has 1 aliphatic heterocycles. The van der Waals surface area contributed by atoms with E-state index in [1.54, 1.807) is 0 Å². The minimum absolute atomic E-state index is 0.151. The lowest BCUT2D eigenvalue weighted by atomic mass is 9.88. The average Bonchev–Trinajstić information content (AvgIpc) is 3.33. The van der Waals surface area contributed by atoms with Gasteiger partial charge in [0.25, 0.3) is 0 Å². The van der Waals surface area contributed by atoms with E-state index in [1.807, 2.05) is 6.08 Å². The minimum Gasteiger partial charge on any atom is -0.349 e. The van der Waals surface area contributed by atoms with Gasteiger partial charge in [0.05, 0.1) is 12.2 Å².